The number of rotatable bonds is 3. The van der Waals surface area contributed by atoms with Crippen molar-refractivity contribution in [2.24, 2.45) is 7.05 Å². The molecule has 5 aromatic rings. The van der Waals surface area contributed by atoms with Crippen LogP contribution in [0.3, 0.4) is 0 Å². The number of halogens is 1. The molecule has 4 aromatic heterocycles. The van der Waals surface area contributed by atoms with Crippen molar-refractivity contribution in [3.05, 3.63) is 53.4 Å². The van der Waals surface area contributed by atoms with Crippen LogP contribution in [-0.2, 0) is 28.7 Å². The molecule has 1 amide bonds. The van der Waals surface area contributed by atoms with E-state index in [0.29, 0.717) is 37.5 Å². The fourth-order valence-corrected chi connectivity index (χ4v) is 7.17. The number of aromatic nitrogens is 5. The largest absolute Gasteiger partial charge is 0.444 e. The standard InChI is InChI=1S/C28H27FN6O3S2/c1-27(2,3)38-26(36)34-8-7-28(14-34)23-18(13-37-28)10-31-25-22(23)21(24(35(25)40-29)20-12-30-15-39-20)16-5-6-19-17(9-16)11-32-33(19)4/h5-6,9-12,15H,7-8,13-14H2,1-4H3. The maximum absolute atomic E-state index is 14.8. The first-order chi connectivity index (χ1) is 19.2. The van der Waals surface area contributed by atoms with Gasteiger partial charge in [0.05, 0.1) is 40.9 Å². The number of thiazole rings is 1. The number of likely N-dealkylation sites (tertiary alicyclic amines) is 1. The summed E-state index contributed by atoms with van der Waals surface area (Å²) in [6.07, 6.45) is 5.60. The van der Waals surface area contributed by atoms with Gasteiger partial charge in [0.25, 0.3) is 0 Å². The average Bonchev–Trinajstić information content (AvgIpc) is 3.74. The van der Waals surface area contributed by atoms with Crippen molar-refractivity contribution in [3.63, 3.8) is 0 Å². The van der Waals surface area contributed by atoms with Crippen molar-refractivity contribution in [2.75, 3.05) is 13.1 Å². The molecule has 0 N–H and O–H groups in total. The number of hydrogen-bond donors (Lipinski definition) is 0. The monoisotopic (exact) mass is 578 g/mol. The van der Waals surface area contributed by atoms with Crippen molar-refractivity contribution in [3.8, 4) is 21.7 Å². The van der Waals surface area contributed by atoms with Gasteiger partial charge in [-0.3, -0.25) is 9.67 Å². The Morgan fingerprint density at radius 3 is 2.85 bits per heavy atom. The third-order valence-corrected chi connectivity index (χ3v) is 8.91. The minimum atomic E-state index is -0.751. The lowest BCUT2D eigenvalue weighted by Crippen LogP contribution is -2.38. The Hall–Kier alpha value is -3.48. The Morgan fingerprint density at radius 1 is 1.25 bits per heavy atom. The zero-order chi connectivity index (χ0) is 27.8. The van der Waals surface area contributed by atoms with Gasteiger partial charge in [-0.2, -0.15) is 5.10 Å². The molecule has 0 saturated carbocycles. The van der Waals surface area contributed by atoms with Crippen LogP contribution in [0.15, 0.2) is 42.3 Å². The summed E-state index contributed by atoms with van der Waals surface area (Å²) in [7, 11) is 1.91. The van der Waals surface area contributed by atoms with Gasteiger partial charge in [0, 0.05) is 59.9 Å². The van der Waals surface area contributed by atoms with Gasteiger partial charge in [-0.05, 0) is 38.5 Å². The molecule has 9 nitrogen and oxygen atoms in total. The number of amides is 1. The number of fused-ring (bicyclic) bond motifs is 5. The van der Waals surface area contributed by atoms with E-state index in [4.69, 9.17) is 14.5 Å². The smallest absolute Gasteiger partial charge is 0.410 e. The van der Waals surface area contributed by atoms with Gasteiger partial charge in [0.15, 0.2) is 18.0 Å². The molecule has 1 spiro atoms. The van der Waals surface area contributed by atoms with Gasteiger partial charge in [0.2, 0.25) is 0 Å². The highest BCUT2D eigenvalue weighted by molar-refractivity contribution is 7.93. The van der Waals surface area contributed by atoms with Gasteiger partial charge in [0.1, 0.15) is 11.2 Å². The van der Waals surface area contributed by atoms with Crippen molar-refractivity contribution in [1.29, 1.82) is 0 Å². The number of hydrogen-bond acceptors (Lipinski definition) is 8. The van der Waals surface area contributed by atoms with E-state index in [1.54, 1.807) is 26.8 Å². The van der Waals surface area contributed by atoms with E-state index >= 15 is 0 Å². The topological polar surface area (TPSA) is 87.3 Å². The number of nitrogens with zero attached hydrogens (tertiary/aromatic N) is 6. The van der Waals surface area contributed by atoms with Crippen molar-refractivity contribution in [1.82, 2.24) is 28.6 Å². The molecule has 1 saturated heterocycles. The minimum absolute atomic E-state index is 0.126. The Labute approximate surface area is 238 Å². The molecule has 12 heteroatoms. The first-order valence-electron chi connectivity index (χ1n) is 13.0. The zero-order valence-electron chi connectivity index (χ0n) is 22.5. The number of carbonyl (C=O) groups excluding carboxylic acids is 1. The van der Waals surface area contributed by atoms with Gasteiger partial charge in [-0.15, -0.1) is 15.2 Å². The first kappa shape index (κ1) is 25.5. The maximum Gasteiger partial charge on any atom is 0.410 e. The highest BCUT2D eigenvalue weighted by atomic mass is 32.2. The molecule has 206 valence electrons. The van der Waals surface area contributed by atoms with Crippen LogP contribution in [0, 0.1) is 0 Å². The summed E-state index contributed by atoms with van der Waals surface area (Å²) in [6.45, 7) is 6.78. The van der Waals surface area contributed by atoms with Crippen LogP contribution in [0.25, 0.3) is 43.6 Å². The highest BCUT2D eigenvalue weighted by Crippen LogP contribution is 2.52. The lowest BCUT2D eigenvalue weighted by Gasteiger charge is -2.27. The predicted molar refractivity (Wildman–Crippen MR) is 154 cm³/mol. The second-order valence-electron chi connectivity index (χ2n) is 11.3. The fraction of sp³-hybridized carbons (Fsp3) is 0.357. The molecule has 7 rings (SSSR count). The second kappa shape index (κ2) is 9.02. The number of pyridine rings is 1. The van der Waals surface area contributed by atoms with E-state index in [1.807, 2.05) is 50.8 Å². The van der Waals surface area contributed by atoms with Gasteiger partial charge in [-0.1, -0.05) is 6.07 Å². The van der Waals surface area contributed by atoms with E-state index in [1.165, 1.54) is 11.3 Å². The van der Waals surface area contributed by atoms with Crippen LogP contribution >= 0.6 is 23.7 Å². The molecule has 2 aliphatic heterocycles. The third-order valence-electron chi connectivity index (χ3n) is 7.63. The van der Waals surface area contributed by atoms with Gasteiger partial charge >= 0.3 is 6.09 Å². The molecule has 0 bridgehead atoms. The Morgan fingerprint density at radius 2 is 2.10 bits per heavy atom. The molecule has 1 unspecified atom stereocenters. The van der Waals surface area contributed by atoms with Crippen LogP contribution in [0.1, 0.15) is 38.3 Å². The fourth-order valence-electron chi connectivity index (χ4n) is 5.98. The van der Waals surface area contributed by atoms with E-state index in [2.05, 4.69) is 16.1 Å². The lowest BCUT2D eigenvalue weighted by molar-refractivity contribution is -0.0320. The molecular formula is C28H27FN6O3S2. The molecule has 0 aliphatic carbocycles. The summed E-state index contributed by atoms with van der Waals surface area (Å²) >= 11 is 1.57. The maximum atomic E-state index is 14.8. The summed E-state index contributed by atoms with van der Waals surface area (Å²) in [4.78, 5) is 24.6. The van der Waals surface area contributed by atoms with Crippen LogP contribution in [0.5, 0.6) is 0 Å². The number of benzene rings is 1. The zero-order valence-corrected chi connectivity index (χ0v) is 24.1. The van der Waals surface area contributed by atoms with Crippen LogP contribution in [-0.4, -0.2) is 53.4 Å². The van der Waals surface area contributed by atoms with Crippen molar-refractivity contribution >= 4 is 51.7 Å². The van der Waals surface area contributed by atoms with Gasteiger partial charge in [-0.25, -0.2) is 13.8 Å². The average molecular weight is 579 g/mol. The normalized spacial score (nSPS) is 18.9. The number of ether oxygens (including phenoxy) is 2. The molecule has 1 atom stereocenters. The molecule has 1 fully saturated rings. The summed E-state index contributed by atoms with van der Waals surface area (Å²) < 4.78 is 30.4. The van der Waals surface area contributed by atoms with E-state index in [9.17, 15) is 8.68 Å². The van der Waals surface area contributed by atoms with Crippen LogP contribution in [0.4, 0.5) is 8.68 Å². The molecule has 0 radical (unpaired) electrons. The highest BCUT2D eigenvalue weighted by Gasteiger charge is 2.50. The Balaban J connectivity index is 1.48. The minimum Gasteiger partial charge on any atom is -0.444 e. The summed E-state index contributed by atoms with van der Waals surface area (Å²) in [5.41, 5.74) is 6.28. The van der Waals surface area contributed by atoms with Gasteiger partial charge < -0.3 is 14.4 Å². The molecule has 6 heterocycles. The molecule has 1 aromatic carbocycles. The lowest BCUT2D eigenvalue weighted by atomic mass is 9.87. The predicted octanol–water partition coefficient (Wildman–Crippen LogP) is 6.46. The third kappa shape index (κ3) is 3.84. The summed E-state index contributed by atoms with van der Waals surface area (Å²) in [5, 5.41) is 6.22. The second-order valence-corrected chi connectivity index (χ2v) is 12.7. The van der Waals surface area contributed by atoms with Crippen LogP contribution in [0.2, 0.25) is 0 Å². The van der Waals surface area contributed by atoms with Crippen molar-refractivity contribution in [2.45, 2.75) is 45.0 Å². The molecule has 2 aliphatic rings. The quantitative estimate of drug-likeness (QED) is 0.243. The SMILES string of the molecule is Cn1ncc2cc(-c3c(-c4cncs4)n(SF)c4ncc5c(c34)C3(CCN(C(=O)OC(C)(C)C)C3)OC5)ccc21. The molecule has 40 heavy (non-hydrogen) atoms. The van der Waals surface area contributed by atoms with Crippen LogP contribution < -0.4 is 0 Å². The molecular weight excluding hydrogens is 551 g/mol. The Kier molecular flexibility index (Phi) is 5.74. The van der Waals surface area contributed by atoms with E-state index in [-0.39, 0.29) is 18.4 Å². The summed E-state index contributed by atoms with van der Waals surface area (Å²) in [6, 6.07) is 6.15. The number of aryl methyl sites for hydroxylation is 1. The van der Waals surface area contributed by atoms with E-state index < -0.39 is 11.2 Å². The Bertz CT molecular complexity index is 1790. The summed E-state index contributed by atoms with van der Waals surface area (Å²) in [5.74, 6) is 0. The first-order valence-corrected chi connectivity index (χ1v) is 14.5. The van der Waals surface area contributed by atoms with E-state index in [0.717, 1.165) is 43.4 Å². The number of carbonyl (C=O) groups is 1. The van der Waals surface area contributed by atoms with Crippen molar-refractivity contribution < 1.29 is 18.2 Å².